The molecule has 2 rings (SSSR count). The van der Waals surface area contributed by atoms with Gasteiger partial charge in [-0.3, -0.25) is 0 Å². The van der Waals surface area contributed by atoms with Gasteiger partial charge in [-0.1, -0.05) is 0 Å². The predicted molar refractivity (Wildman–Crippen MR) is 64.3 cm³/mol. The van der Waals surface area contributed by atoms with Crippen molar-refractivity contribution in [1.29, 1.82) is 0 Å². The van der Waals surface area contributed by atoms with Crippen molar-refractivity contribution in [2.24, 2.45) is 0 Å². The van der Waals surface area contributed by atoms with Gasteiger partial charge in [0.15, 0.2) is 0 Å². The van der Waals surface area contributed by atoms with Gasteiger partial charge in [0.25, 0.3) is 0 Å². The first-order chi connectivity index (χ1) is 8.75. The minimum atomic E-state index is -0.970. The summed E-state index contributed by atoms with van der Waals surface area (Å²) in [6.07, 6.45) is 6.64. The molecule has 0 saturated heterocycles. The number of rotatable bonds is 7. The molecule has 18 heavy (non-hydrogen) atoms. The Morgan fingerprint density at radius 2 is 2.44 bits per heavy atom. The van der Waals surface area contributed by atoms with Gasteiger partial charge < -0.3 is 19.8 Å². The molecule has 96 valence electrons. The van der Waals surface area contributed by atoms with E-state index in [1.807, 2.05) is 0 Å². The van der Waals surface area contributed by atoms with Crippen molar-refractivity contribution < 1.29 is 14.3 Å². The molecular weight excluding hydrogens is 234 g/mol. The van der Waals surface area contributed by atoms with Gasteiger partial charge >= 0.3 is 5.97 Å². The summed E-state index contributed by atoms with van der Waals surface area (Å²) in [6.45, 7) is 1.36. The summed E-state index contributed by atoms with van der Waals surface area (Å²) in [5.74, 6) is 0.635. The molecule has 0 aliphatic rings. The van der Waals surface area contributed by atoms with E-state index in [-0.39, 0.29) is 5.56 Å². The molecule has 0 aliphatic carbocycles. The lowest BCUT2D eigenvalue weighted by atomic mass is 10.3. The van der Waals surface area contributed by atoms with Gasteiger partial charge in [0.1, 0.15) is 17.8 Å². The first-order valence-corrected chi connectivity index (χ1v) is 5.75. The van der Waals surface area contributed by atoms with Gasteiger partial charge in [-0.25, -0.2) is 9.78 Å². The molecule has 6 nitrogen and oxygen atoms in total. The Kier molecular flexibility index (Phi) is 4.14. The molecular formula is C12H15N3O3. The van der Waals surface area contributed by atoms with Crippen LogP contribution in [0.1, 0.15) is 28.4 Å². The number of imidazole rings is 1. The number of carboxylic acids is 1. The number of carboxylic acid groups (broad SMARTS) is 1. The number of nitrogens with one attached hydrogen (secondary N) is 2. The normalized spacial score (nSPS) is 10.7. The van der Waals surface area contributed by atoms with Gasteiger partial charge in [-0.05, 0) is 19.0 Å². The minimum Gasteiger partial charge on any atom is -0.478 e. The van der Waals surface area contributed by atoms with Crippen LogP contribution in [-0.2, 0) is 13.0 Å². The number of aromatic nitrogens is 2. The second-order valence-electron chi connectivity index (χ2n) is 3.92. The molecule has 0 fully saturated rings. The summed E-state index contributed by atoms with van der Waals surface area (Å²) in [5.41, 5.74) is 0.183. The molecule has 0 amide bonds. The highest BCUT2D eigenvalue weighted by atomic mass is 16.4. The van der Waals surface area contributed by atoms with E-state index in [0.29, 0.717) is 12.3 Å². The maximum Gasteiger partial charge on any atom is 0.338 e. The molecule has 0 bridgehead atoms. The van der Waals surface area contributed by atoms with Gasteiger partial charge in [0, 0.05) is 18.8 Å². The number of aryl methyl sites for hydroxylation is 1. The third-order valence-corrected chi connectivity index (χ3v) is 2.52. The fourth-order valence-electron chi connectivity index (χ4n) is 1.61. The van der Waals surface area contributed by atoms with Crippen LogP contribution in [0.15, 0.2) is 29.1 Å². The standard InChI is InChI=1S/C12H15N3O3/c16-12(17)9-6-10(18-8-9)7-13-3-1-2-11-14-4-5-15-11/h4-6,8,13H,1-3,7H2,(H,14,15)(H,16,17). The van der Waals surface area contributed by atoms with Crippen LogP contribution < -0.4 is 5.32 Å². The average Bonchev–Trinajstić information content (AvgIpc) is 2.98. The monoisotopic (exact) mass is 249 g/mol. The van der Waals surface area contributed by atoms with Crippen LogP contribution in [0.4, 0.5) is 0 Å². The topological polar surface area (TPSA) is 91.2 Å². The van der Waals surface area contributed by atoms with Crippen molar-refractivity contribution in [3.05, 3.63) is 41.9 Å². The third-order valence-electron chi connectivity index (χ3n) is 2.52. The summed E-state index contributed by atoms with van der Waals surface area (Å²) in [5, 5.41) is 11.9. The molecule has 2 aromatic rings. The van der Waals surface area contributed by atoms with Crippen LogP contribution >= 0.6 is 0 Å². The largest absolute Gasteiger partial charge is 0.478 e. The molecule has 0 atom stereocenters. The van der Waals surface area contributed by atoms with E-state index in [0.717, 1.165) is 25.2 Å². The zero-order valence-corrected chi connectivity index (χ0v) is 9.85. The molecule has 0 aromatic carbocycles. The Morgan fingerprint density at radius 1 is 1.56 bits per heavy atom. The predicted octanol–water partition coefficient (Wildman–Crippen LogP) is 1.42. The number of carbonyl (C=O) groups is 1. The quantitative estimate of drug-likeness (QED) is 0.645. The van der Waals surface area contributed by atoms with Crippen molar-refractivity contribution in [2.75, 3.05) is 6.54 Å². The highest BCUT2D eigenvalue weighted by molar-refractivity contribution is 5.87. The summed E-state index contributed by atoms with van der Waals surface area (Å²) < 4.78 is 5.12. The van der Waals surface area contributed by atoms with E-state index in [9.17, 15) is 4.79 Å². The Hall–Kier alpha value is -2.08. The number of hydrogen-bond donors (Lipinski definition) is 3. The van der Waals surface area contributed by atoms with Crippen molar-refractivity contribution in [2.45, 2.75) is 19.4 Å². The Bertz CT molecular complexity index is 490. The second kappa shape index (κ2) is 6.02. The summed E-state index contributed by atoms with van der Waals surface area (Å²) in [6, 6.07) is 1.53. The fraction of sp³-hybridized carbons (Fsp3) is 0.333. The van der Waals surface area contributed by atoms with E-state index < -0.39 is 5.97 Å². The molecule has 0 radical (unpaired) electrons. The van der Waals surface area contributed by atoms with Gasteiger partial charge in [0.05, 0.1) is 12.1 Å². The van der Waals surface area contributed by atoms with Crippen molar-refractivity contribution >= 4 is 5.97 Å². The van der Waals surface area contributed by atoms with Crippen molar-refractivity contribution in [3.8, 4) is 0 Å². The summed E-state index contributed by atoms with van der Waals surface area (Å²) >= 11 is 0. The lowest BCUT2D eigenvalue weighted by Crippen LogP contribution is -2.15. The first-order valence-electron chi connectivity index (χ1n) is 5.75. The highest BCUT2D eigenvalue weighted by Gasteiger charge is 2.07. The zero-order valence-electron chi connectivity index (χ0n) is 9.85. The molecule has 0 unspecified atom stereocenters. The summed E-state index contributed by atoms with van der Waals surface area (Å²) in [7, 11) is 0. The number of nitrogens with zero attached hydrogens (tertiary/aromatic N) is 1. The number of aromatic amines is 1. The number of furan rings is 1. The maximum atomic E-state index is 10.6. The number of hydrogen-bond acceptors (Lipinski definition) is 4. The SMILES string of the molecule is O=C(O)c1coc(CNCCCc2ncc[nH]2)c1. The molecule has 3 N–H and O–H groups in total. The van der Waals surface area contributed by atoms with Gasteiger partial charge in [0.2, 0.25) is 0 Å². The van der Waals surface area contributed by atoms with E-state index >= 15 is 0 Å². The lowest BCUT2D eigenvalue weighted by molar-refractivity contribution is 0.0696. The smallest absolute Gasteiger partial charge is 0.338 e. The number of aromatic carboxylic acids is 1. The van der Waals surface area contributed by atoms with Crippen LogP contribution in [0.2, 0.25) is 0 Å². The Labute approximate surface area is 104 Å². The van der Waals surface area contributed by atoms with Gasteiger partial charge in [-0.15, -0.1) is 0 Å². The second-order valence-corrected chi connectivity index (χ2v) is 3.92. The molecule has 0 aliphatic heterocycles. The maximum absolute atomic E-state index is 10.6. The Morgan fingerprint density at radius 3 is 3.11 bits per heavy atom. The summed E-state index contributed by atoms with van der Waals surface area (Å²) in [4.78, 5) is 17.8. The first kappa shape index (κ1) is 12.4. The van der Waals surface area contributed by atoms with E-state index in [1.165, 1.54) is 12.3 Å². The van der Waals surface area contributed by atoms with Crippen molar-refractivity contribution in [1.82, 2.24) is 15.3 Å². The molecule has 2 heterocycles. The van der Waals surface area contributed by atoms with Crippen LogP contribution in [0.5, 0.6) is 0 Å². The van der Waals surface area contributed by atoms with Crippen molar-refractivity contribution in [3.63, 3.8) is 0 Å². The highest BCUT2D eigenvalue weighted by Crippen LogP contribution is 2.07. The average molecular weight is 249 g/mol. The molecule has 2 aromatic heterocycles. The van der Waals surface area contributed by atoms with E-state index in [4.69, 9.17) is 9.52 Å². The van der Waals surface area contributed by atoms with Crippen LogP contribution in [0, 0.1) is 0 Å². The van der Waals surface area contributed by atoms with E-state index in [1.54, 1.807) is 12.4 Å². The zero-order chi connectivity index (χ0) is 12.8. The molecule has 6 heteroatoms. The van der Waals surface area contributed by atoms with Gasteiger partial charge in [-0.2, -0.15) is 0 Å². The lowest BCUT2D eigenvalue weighted by Gasteiger charge is -2.01. The fourth-order valence-corrected chi connectivity index (χ4v) is 1.61. The van der Waals surface area contributed by atoms with E-state index in [2.05, 4.69) is 15.3 Å². The van der Waals surface area contributed by atoms with Crippen LogP contribution in [0.25, 0.3) is 0 Å². The minimum absolute atomic E-state index is 0.183. The third kappa shape index (κ3) is 3.46. The van der Waals surface area contributed by atoms with Crippen LogP contribution in [-0.4, -0.2) is 27.6 Å². The molecule has 0 saturated carbocycles. The molecule has 0 spiro atoms. The Balaban J connectivity index is 1.64. The van der Waals surface area contributed by atoms with Crippen LogP contribution in [0.3, 0.4) is 0 Å². The number of H-pyrrole nitrogens is 1.